The van der Waals surface area contributed by atoms with Crippen LogP contribution in [-0.4, -0.2) is 61.5 Å². The molecular weight excluding hydrogens is 559 g/mol. The van der Waals surface area contributed by atoms with Crippen LogP contribution < -0.4 is 15.8 Å². The summed E-state index contributed by atoms with van der Waals surface area (Å²) in [4.78, 5) is 24.9. The Bertz CT molecular complexity index is 1270. The number of amides is 2. The van der Waals surface area contributed by atoms with Crippen molar-refractivity contribution < 1.29 is 28.6 Å². The molecule has 0 saturated heterocycles. The van der Waals surface area contributed by atoms with Gasteiger partial charge in [-0.05, 0) is 35.9 Å². The Kier molecular flexibility index (Phi) is 18.3. The number of esters is 1. The third-order valence-corrected chi connectivity index (χ3v) is 6.17. The Labute approximate surface area is 255 Å². The predicted molar refractivity (Wildman–Crippen MR) is 170 cm³/mol. The number of allylic oxidation sites excluding steroid dienone is 1. The number of aliphatic hydroxyl groups excluding tert-OH is 1. The average molecular weight is 607 g/mol. The van der Waals surface area contributed by atoms with Gasteiger partial charge in [-0.25, -0.2) is 9.18 Å². The van der Waals surface area contributed by atoms with Crippen LogP contribution in [0, 0.1) is 18.2 Å². The number of halogens is 2. The third kappa shape index (κ3) is 15.1. The van der Waals surface area contributed by atoms with Gasteiger partial charge in [-0.2, -0.15) is 0 Å². The summed E-state index contributed by atoms with van der Waals surface area (Å²) in [7, 11) is 1.54. The van der Waals surface area contributed by atoms with E-state index in [0.717, 1.165) is 10.8 Å². The molecule has 9 heteroatoms. The van der Waals surface area contributed by atoms with Crippen LogP contribution in [0.3, 0.4) is 0 Å². The van der Waals surface area contributed by atoms with Crippen molar-refractivity contribution in [1.82, 2.24) is 10.2 Å². The molecule has 0 radical (unpaired) electrons. The Morgan fingerprint density at radius 1 is 1.19 bits per heavy atom. The van der Waals surface area contributed by atoms with Crippen LogP contribution >= 0.6 is 11.6 Å². The van der Waals surface area contributed by atoms with Crippen LogP contribution in [0.4, 0.5) is 9.18 Å². The lowest BCUT2D eigenvalue weighted by Gasteiger charge is -2.29. The maximum absolute atomic E-state index is 13.5. The predicted octanol–water partition coefficient (Wildman–Crippen LogP) is 5.38. The Balaban J connectivity index is 0.000000994. The first kappa shape index (κ1) is 38.8. The maximum atomic E-state index is 13.5. The molecule has 1 unspecified atom stereocenters. The molecule has 0 aliphatic rings. The standard InChI is InChI=1S/C19H28ClFN2O5.C12H14.C2H6/c1-13(25)28-10-15(9-27-12-19(2,3)11-24)23(4)18(26)22-8-14-6-5-7-16(21)17(14)20;1-9(2)7-12-8-10(3)5-6-11(12)4;1-2/h5-7,15,24H,8-12H2,1-4H3,(H,22,26);5-8H,1,4H2,2-3H3;1-2H3/b;12-7-;. The molecule has 0 saturated carbocycles. The maximum Gasteiger partial charge on any atom is 0.317 e. The van der Waals surface area contributed by atoms with E-state index >= 15 is 0 Å². The molecule has 0 bridgehead atoms. The van der Waals surface area contributed by atoms with Crippen LogP contribution in [-0.2, 0) is 20.8 Å². The fraction of sp³-hybridized carbons (Fsp3) is 0.455. The van der Waals surface area contributed by atoms with Crippen molar-refractivity contribution in [3.05, 3.63) is 81.0 Å². The number of carbonyl (C=O) groups is 2. The second-order valence-electron chi connectivity index (χ2n) is 10.5. The summed E-state index contributed by atoms with van der Waals surface area (Å²) >= 11 is 5.89. The normalized spacial score (nSPS) is 11.7. The molecule has 7 nitrogen and oxygen atoms in total. The molecule has 0 aromatic heterocycles. The Hall–Kier alpha value is -3.20. The molecule has 42 heavy (non-hydrogen) atoms. The molecule has 0 heterocycles. The number of benzene rings is 2. The number of ether oxygens (including phenoxy) is 2. The highest BCUT2D eigenvalue weighted by molar-refractivity contribution is 6.31. The van der Waals surface area contributed by atoms with Gasteiger partial charge in [0.1, 0.15) is 12.4 Å². The SMILES string of the molecule is C=C(C)/C=c1/cc(C)ccc1=C.CC.CC(=O)OCC(COCC(C)(C)CO)N(C)C(=O)NCc1cccc(F)c1Cl. The highest BCUT2D eigenvalue weighted by Crippen LogP contribution is 2.19. The van der Waals surface area contributed by atoms with Crippen molar-refractivity contribution in [2.45, 2.75) is 61.1 Å². The van der Waals surface area contributed by atoms with E-state index in [0.29, 0.717) is 5.56 Å². The van der Waals surface area contributed by atoms with Crippen LogP contribution in [0.2, 0.25) is 5.02 Å². The number of hydrogen-bond donors (Lipinski definition) is 2. The number of aryl methyl sites for hydroxylation is 1. The third-order valence-electron chi connectivity index (χ3n) is 5.74. The van der Waals surface area contributed by atoms with E-state index in [1.165, 1.54) is 41.8 Å². The molecule has 2 aromatic rings. The molecular formula is C33H48ClFN2O5. The fourth-order valence-corrected chi connectivity index (χ4v) is 3.46. The molecule has 0 aliphatic carbocycles. The minimum atomic E-state index is -0.561. The lowest BCUT2D eigenvalue weighted by atomic mass is 9.97. The van der Waals surface area contributed by atoms with Gasteiger partial charge in [0.05, 0.1) is 30.9 Å². The number of urea groups is 1. The molecule has 0 fully saturated rings. The summed E-state index contributed by atoms with van der Waals surface area (Å²) in [6.07, 6.45) is 2.05. The van der Waals surface area contributed by atoms with Gasteiger partial charge in [0.15, 0.2) is 0 Å². The number of likely N-dealkylation sites (N-methyl/N-ethyl adjacent to an activating group) is 1. The van der Waals surface area contributed by atoms with Gasteiger partial charge < -0.3 is 24.8 Å². The molecule has 0 aliphatic heterocycles. The lowest BCUT2D eigenvalue weighted by molar-refractivity contribution is -0.143. The molecule has 1 atom stereocenters. The van der Waals surface area contributed by atoms with Gasteiger partial charge in [-0.1, -0.05) is 100.0 Å². The number of carbonyl (C=O) groups excluding carboxylic acids is 2. The van der Waals surface area contributed by atoms with Gasteiger partial charge in [0.2, 0.25) is 0 Å². The van der Waals surface area contributed by atoms with Crippen molar-refractivity contribution in [2.75, 3.05) is 33.5 Å². The van der Waals surface area contributed by atoms with Crippen LogP contribution in [0.25, 0.3) is 12.7 Å². The zero-order valence-electron chi connectivity index (χ0n) is 26.4. The van der Waals surface area contributed by atoms with Gasteiger partial charge in [0, 0.05) is 25.9 Å². The van der Waals surface area contributed by atoms with E-state index < -0.39 is 29.3 Å². The van der Waals surface area contributed by atoms with Crippen molar-refractivity contribution in [3.8, 4) is 0 Å². The zero-order chi connectivity index (χ0) is 32.5. The van der Waals surface area contributed by atoms with Crippen LogP contribution in [0.5, 0.6) is 0 Å². The quantitative estimate of drug-likeness (QED) is 0.336. The highest BCUT2D eigenvalue weighted by Gasteiger charge is 2.24. The van der Waals surface area contributed by atoms with Gasteiger partial charge in [-0.3, -0.25) is 4.79 Å². The number of nitrogens with zero attached hydrogens (tertiary/aromatic N) is 1. The van der Waals surface area contributed by atoms with Gasteiger partial charge in [-0.15, -0.1) is 0 Å². The Morgan fingerprint density at radius 3 is 2.40 bits per heavy atom. The van der Waals surface area contributed by atoms with E-state index in [-0.39, 0.29) is 38.0 Å². The van der Waals surface area contributed by atoms with E-state index in [1.807, 2.05) is 40.7 Å². The summed E-state index contributed by atoms with van der Waals surface area (Å²) in [5, 5.41) is 14.1. The molecule has 2 rings (SSSR count). The first-order chi connectivity index (χ1) is 19.7. The van der Waals surface area contributed by atoms with Crippen molar-refractivity contribution in [2.24, 2.45) is 5.41 Å². The first-order valence-corrected chi connectivity index (χ1v) is 14.2. The zero-order valence-corrected chi connectivity index (χ0v) is 27.1. The molecule has 0 spiro atoms. The topological polar surface area (TPSA) is 88.1 Å². The van der Waals surface area contributed by atoms with Gasteiger partial charge in [0.25, 0.3) is 0 Å². The number of rotatable bonds is 11. The van der Waals surface area contributed by atoms with Crippen LogP contribution in [0.1, 0.15) is 52.7 Å². The minimum Gasteiger partial charge on any atom is -0.464 e. The summed E-state index contributed by atoms with van der Waals surface area (Å²) < 4.78 is 24.1. The fourth-order valence-electron chi connectivity index (χ4n) is 3.26. The average Bonchev–Trinajstić information content (AvgIpc) is 2.94. The van der Waals surface area contributed by atoms with Crippen molar-refractivity contribution >= 4 is 36.3 Å². The molecule has 2 N–H and O–H groups in total. The number of hydrogen-bond acceptors (Lipinski definition) is 5. The Morgan fingerprint density at radius 2 is 1.83 bits per heavy atom. The van der Waals surface area contributed by atoms with Crippen molar-refractivity contribution in [3.63, 3.8) is 0 Å². The summed E-state index contributed by atoms with van der Waals surface area (Å²) in [6.45, 7) is 21.1. The molecule has 2 aromatic carbocycles. The largest absolute Gasteiger partial charge is 0.464 e. The van der Waals surface area contributed by atoms with Gasteiger partial charge >= 0.3 is 12.0 Å². The van der Waals surface area contributed by atoms with E-state index in [2.05, 4.69) is 43.6 Å². The second kappa shape index (κ2) is 19.8. The van der Waals surface area contributed by atoms with Crippen molar-refractivity contribution in [1.29, 1.82) is 0 Å². The smallest absolute Gasteiger partial charge is 0.317 e. The number of aliphatic hydroxyl groups is 1. The van der Waals surface area contributed by atoms with E-state index in [4.69, 9.17) is 21.1 Å². The first-order valence-electron chi connectivity index (χ1n) is 13.8. The second-order valence-corrected chi connectivity index (χ2v) is 10.8. The summed E-state index contributed by atoms with van der Waals surface area (Å²) in [6, 6.07) is 9.58. The van der Waals surface area contributed by atoms with Crippen LogP contribution in [0.15, 0.2) is 48.6 Å². The molecule has 234 valence electrons. The van der Waals surface area contributed by atoms with E-state index in [1.54, 1.807) is 6.07 Å². The molecule has 2 amide bonds. The summed E-state index contributed by atoms with van der Waals surface area (Å²) in [5.74, 6) is -1.03. The monoisotopic (exact) mass is 606 g/mol. The highest BCUT2D eigenvalue weighted by atomic mass is 35.5. The summed E-state index contributed by atoms with van der Waals surface area (Å²) in [5.41, 5.74) is 2.34. The van der Waals surface area contributed by atoms with E-state index in [9.17, 15) is 19.1 Å². The lowest BCUT2D eigenvalue weighted by Crippen LogP contribution is -2.48. The minimum absolute atomic E-state index is 0.0401. The number of nitrogens with one attached hydrogen (secondary N) is 1.